The van der Waals surface area contributed by atoms with E-state index in [-0.39, 0.29) is 5.92 Å². The highest BCUT2D eigenvalue weighted by molar-refractivity contribution is 7.90. The fraction of sp³-hybridized carbons (Fsp3) is 0.400. The standard InChI is InChI=1S/C10H15NO2S/c1-8(7-11)9-3-5-10(6-4-9)14(2,12)13/h3-6,8H,7,11H2,1-2H3/t8-/m1/s1. The molecule has 1 aromatic rings. The zero-order valence-corrected chi connectivity index (χ0v) is 9.21. The van der Waals surface area contributed by atoms with Crippen molar-refractivity contribution in [1.29, 1.82) is 0 Å². The first kappa shape index (κ1) is 11.2. The molecule has 0 aliphatic rings. The molecule has 3 nitrogen and oxygen atoms in total. The van der Waals surface area contributed by atoms with E-state index in [2.05, 4.69) is 0 Å². The molecule has 0 saturated carbocycles. The van der Waals surface area contributed by atoms with Crippen LogP contribution in [0.5, 0.6) is 0 Å². The Balaban J connectivity index is 3.01. The summed E-state index contributed by atoms with van der Waals surface area (Å²) in [6.07, 6.45) is 1.20. The number of hydrogen-bond donors (Lipinski definition) is 1. The molecule has 0 amide bonds. The SMILES string of the molecule is C[C@H](CN)c1ccc(S(C)(=O)=O)cc1. The average Bonchev–Trinajstić information content (AvgIpc) is 2.15. The van der Waals surface area contributed by atoms with Crippen molar-refractivity contribution in [1.82, 2.24) is 0 Å². The third-order valence-corrected chi connectivity index (χ3v) is 3.36. The van der Waals surface area contributed by atoms with Crippen molar-refractivity contribution in [2.45, 2.75) is 17.7 Å². The lowest BCUT2D eigenvalue weighted by Crippen LogP contribution is -2.09. The minimum Gasteiger partial charge on any atom is -0.330 e. The predicted octanol–water partition coefficient (Wildman–Crippen LogP) is 1.15. The predicted molar refractivity (Wildman–Crippen MR) is 57.0 cm³/mol. The van der Waals surface area contributed by atoms with Crippen LogP contribution in [0.2, 0.25) is 0 Å². The molecule has 0 aliphatic carbocycles. The molecule has 0 heterocycles. The Labute approximate surface area is 84.9 Å². The van der Waals surface area contributed by atoms with Crippen molar-refractivity contribution in [3.63, 3.8) is 0 Å². The van der Waals surface area contributed by atoms with E-state index in [0.29, 0.717) is 11.4 Å². The normalized spacial score (nSPS) is 13.9. The Hall–Kier alpha value is -0.870. The summed E-state index contributed by atoms with van der Waals surface area (Å²) in [6.45, 7) is 2.58. The van der Waals surface area contributed by atoms with Gasteiger partial charge >= 0.3 is 0 Å². The second kappa shape index (κ2) is 4.11. The summed E-state index contributed by atoms with van der Waals surface area (Å²) in [6, 6.07) is 6.87. The molecule has 1 rings (SSSR count). The lowest BCUT2D eigenvalue weighted by atomic mass is 10.0. The molecule has 0 bridgehead atoms. The highest BCUT2D eigenvalue weighted by Gasteiger charge is 2.08. The van der Waals surface area contributed by atoms with Crippen LogP contribution in [0.4, 0.5) is 0 Å². The Morgan fingerprint density at radius 1 is 1.29 bits per heavy atom. The van der Waals surface area contributed by atoms with Crippen molar-refractivity contribution >= 4 is 9.84 Å². The number of benzene rings is 1. The molecule has 1 atom stereocenters. The summed E-state index contributed by atoms with van der Waals surface area (Å²) < 4.78 is 22.3. The van der Waals surface area contributed by atoms with E-state index in [1.807, 2.05) is 19.1 Å². The monoisotopic (exact) mass is 213 g/mol. The summed E-state index contributed by atoms with van der Waals surface area (Å²) in [5, 5.41) is 0. The van der Waals surface area contributed by atoms with Gasteiger partial charge in [0, 0.05) is 6.26 Å². The van der Waals surface area contributed by atoms with Crippen LogP contribution < -0.4 is 5.73 Å². The second-order valence-corrected chi connectivity index (χ2v) is 5.49. The number of nitrogens with two attached hydrogens (primary N) is 1. The minimum absolute atomic E-state index is 0.267. The van der Waals surface area contributed by atoms with Crippen molar-refractivity contribution in [3.8, 4) is 0 Å². The Morgan fingerprint density at radius 3 is 2.14 bits per heavy atom. The summed E-state index contributed by atoms with van der Waals surface area (Å²) in [7, 11) is -3.08. The molecule has 78 valence electrons. The van der Waals surface area contributed by atoms with Gasteiger partial charge in [-0.05, 0) is 30.2 Å². The van der Waals surface area contributed by atoms with Gasteiger partial charge in [0.25, 0.3) is 0 Å². The zero-order chi connectivity index (χ0) is 10.8. The molecule has 0 aromatic heterocycles. The summed E-state index contributed by atoms with van der Waals surface area (Å²) in [5.74, 6) is 0.267. The van der Waals surface area contributed by atoms with Gasteiger partial charge in [-0.15, -0.1) is 0 Å². The van der Waals surface area contributed by atoms with E-state index in [1.54, 1.807) is 12.1 Å². The molecule has 0 unspecified atom stereocenters. The first-order valence-electron chi connectivity index (χ1n) is 4.45. The van der Waals surface area contributed by atoms with Gasteiger partial charge in [0.1, 0.15) is 0 Å². The average molecular weight is 213 g/mol. The lowest BCUT2D eigenvalue weighted by molar-refractivity contribution is 0.602. The van der Waals surface area contributed by atoms with Crippen LogP contribution >= 0.6 is 0 Å². The first-order valence-corrected chi connectivity index (χ1v) is 6.34. The number of sulfone groups is 1. The van der Waals surface area contributed by atoms with E-state index >= 15 is 0 Å². The van der Waals surface area contributed by atoms with Crippen LogP contribution in [-0.4, -0.2) is 21.2 Å². The van der Waals surface area contributed by atoms with Gasteiger partial charge in [-0.1, -0.05) is 19.1 Å². The summed E-state index contributed by atoms with van der Waals surface area (Å²) >= 11 is 0. The van der Waals surface area contributed by atoms with Crippen molar-refractivity contribution in [2.75, 3.05) is 12.8 Å². The first-order chi connectivity index (χ1) is 6.45. The Kier molecular flexibility index (Phi) is 3.29. The van der Waals surface area contributed by atoms with Crippen LogP contribution in [0.3, 0.4) is 0 Å². The van der Waals surface area contributed by atoms with E-state index in [1.165, 1.54) is 6.26 Å². The largest absolute Gasteiger partial charge is 0.330 e. The number of hydrogen-bond acceptors (Lipinski definition) is 3. The van der Waals surface area contributed by atoms with Crippen molar-refractivity contribution in [3.05, 3.63) is 29.8 Å². The fourth-order valence-corrected chi connectivity index (χ4v) is 1.81. The molecular formula is C10H15NO2S. The van der Waals surface area contributed by atoms with Gasteiger partial charge in [-0.25, -0.2) is 8.42 Å². The lowest BCUT2D eigenvalue weighted by Gasteiger charge is -2.08. The summed E-state index contributed by atoms with van der Waals surface area (Å²) in [4.78, 5) is 0.352. The van der Waals surface area contributed by atoms with E-state index in [9.17, 15) is 8.42 Å². The van der Waals surface area contributed by atoms with Crippen LogP contribution in [0, 0.1) is 0 Å². The third kappa shape index (κ3) is 2.56. The molecular weight excluding hydrogens is 198 g/mol. The van der Waals surface area contributed by atoms with Gasteiger partial charge in [0.2, 0.25) is 0 Å². The van der Waals surface area contributed by atoms with Gasteiger partial charge < -0.3 is 5.73 Å². The molecule has 0 fully saturated rings. The third-order valence-electron chi connectivity index (χ3n) is 2.23. The van der Waals surface area contributed by atoms with Gasteiger partial charge in [-0.2, -0.15) is 0 Å². The quantitative estimate of drug-likeness (QED) is 0.819. The van der Waals surface area contributed by atoms with Gasteiger partial charge in [0.15, 0.2) is 9.84 Å². The molecule has 0 radical (unpaired) electrons. The molecule has 0 spiro atoms. The van der Waals surface area contributed by atoms with E-state index in [0.717, 1.165) is 5.56 Å². The van der Waals surface area contributed by atoms with Crippen LogP contribution in [0.25, 0.3) is 0 Å². The molecule has 14 heavy (non-hydrogen) atoms. The topological polar surface area (TPSA) is 60.2 Å². The smallest absolute Gasteiger partial charge is 0.175 e. The van der Waals surface area contributed by atoms with Crippen molar-refractivity contribution < 1.29 is 8.42 Å². The molecule has 0 aliphatic heterocycles. The summed E-state index contributed by atoms with van der Waals surface area (Å²) in [5.41, 5.74) is 6.58. The van der Waals surface area contributed by atoms with Crippen LogP contribution in [0.15, 0.2) is 29.2 Å². The minimum atomic E-state index is -3.08. The van der Waals surface area contributed by atoms with Crippen molar-refractivity contribution in [2.24, 2.45) is 5.73 Å². The maximum absolute atomic E-state index is 11.2. The molecule has 1 aromatic carbocycles. The second-order valence-electron chi connectivity index (χ2n) is 3.48. The maximum atomic E-state index is 11.2. The van der Waals surface area contributed by atoms with E-state index < -0.39 is 9.84 Å². The molecule has 4 heteroatoms. The Bertz CT molecular complexity index is 395. The molecule has 0 saturated heterocycles. The van der Waals surface area contributed by atoms with Crippen LogP contribution in [-0.2, 0) is 9.84 Å². The highest BCUT2D eigenvalue weighted by Crippen LogP contribution is 2.16. The van der Waals surface area contributed by atoms with Gasteiger partial charge in [-0.3, -0.25) is 0 Å². The highest BCUT2D eigenvalue weighted by atomic mass is 32.2. The number of rotatable bonds is 3. The maximum Gasteiger partial charge on any atom is 0.175 e. The fourth-order valence-electron chi connectivity index (χ4n) is 1.18. The van der Waals surface area contributed by atoms with E-state index in [4.69, 9.17) is 5.73 Å². The Morgan fingerprint density at radius 2 is 1.79 bits per heavy atom. The zero-order valence-electron chi connectivity index (χ0n) is 8.40. The molecule has 2 N–H and O–H groups in total. The van der Waals surface area contributed by atoms with Gasteiger partial charge in [0.05, 0.1) is 4.90 Å². The van der Waals surface area contributed by atoms with Crippen LogP contribution in [0.1, 0.15) is 18.4 Å².